The molecule has 3 rings (SSSR count). The lowest BCUT2D eigenvalue weighted by Crippen LogP contribution is -2.37. The minimum Gasteiger partial charge on any atom is -0.459 e. The average molecular weight is 385 g/mol. The molecule has 2 aromatic carbocycles. The summed E-state index contributed by atoms with van der Waals surface area (Å²) in [6, 6.07) is 17.3. The molecule has 1 saturated heterocycles. The second-order valence-electron chi connectivity index (χ2n) is 5.93. The molecule has 1 amide bonds. The topological polar surface area (TPSA) is 72.9 Å². The van der Waals surface area contributed by atoms with E-state index in [0.29, 0.717) is 11.1 Å². The van der Waals surface area contributed by atoms with Crippen LogP contribution in [-0.4, -0.2) is 46.7 Å². The Bertz CT molecular complexity index is 812. The zero-order valence-corrected chi connectivity index (χ0v) is 15.6. The number of carbonyl (C=O) groups excluding carboxylic acids is 3. The molecule has 7 heteroatoms. The van der Waals surface area contributed by atoms with Crippen LogP contribution in [0.25, 0.3) is 0 Å². The maximum atomic E-state index is 12.2. The van der Waals surface area contributed by atoms with Crippen LogP contribution in [0.2, 0.25) is 0 Å². The number of rotatable bonds is 5. The van der Waals surface area contributed by atoms with Gasteiger partial charge in [-0.15, -0.1) is 0 Å². The van der Waals surface area contributed by atoms with Gasteiger partial charge in [0.15, 0.2) is 5.44 Å². The molecule has 0 aliphatic carbocycles. The van der Waals surface area contributed by atoms with Gasteiger partial charge in [-0.3, -0.25) is 4.79 Å². The first-order valence-corrected chi connectivity index (χ1v) is 9.40. The van der Waals surface area contributed by atoms with Gasteiger partial charge in [0, 0.05) is 6.92 Å². The predicted octanol–water partition coefficient (Wildman–Crippen LogP) is 2.95. The summed E-state index contributed by atoms with van der Waals surface area (Å²) < 4.78 is 10.8. The molecule has 1 fully saturated rings. The van der Waals surface area contributed by atoms with Gasteiger partial charge in [-0.25, -0.2) is 9.59 Å². The molecular formula is C20H19NO5S. The standard InChI is InChI=1S/C20H19NO5S/c1-14(22)21-12-18(26-20(24)16-10-6-3-7-11-16)27-17(21)13-25-19(23)15-8-4-2-5-9-15/h2-11,17-18H,12-13H2,1H3/t17-,18+/m1/s1. The second-order valence-corrected chi connectivity index (χ2v) is 7.27. The number of nitrogens with zero attached hydrogens (tertiary/aromatic N) is 1. The molecule has 0 bridgehead atoms. The Balaban J connectivity index is 1.59. The Labute approximate surface area is 161 Å². The normalized spacial score (nSPS) is 18.8. The van der Waals surface area contributed by atoms with Gasteiger partial charge in [0.25, 0.3) is 0 Å². The highest BCUT2D eigenvalue weighted by molar-refractivity contribution is 8.00. The van der Waals surface area contributed by atoms with Gasteiger partial charge in [0.05, 0.1) is 17.7 Å². The molecular weight excluding hydrogens is 366 g/mol. The van der Waals surface area contributed by atoms with E-state index >= 15 is 0 Å². The summed E-state index contributed by atoms with van der Waals surface area (Å²) in [5.41, 5.74) is 0.385. The Morgan fingerprint density at radius 2 is 1.52 bits per heavy atom. The third-order valence-electron chi connectivity index (χ3n) is 4.02. The molecule has 6 nitrogen and oxygen atoms in total. The number of hydrogen-bond acceptors (Lipinski definition) is 6. The van der Waals surface area contributed by atoms with E-state index in [2.05, 4.69) is 0 Å². The van der Waals surface area contributed by atoms with E-state index in [-0.39, 0.29) is 19.1 Å². The highest BCUT2D eigenvalue weighted by Gasteiger charge is 2.37. The molecule has 2 atom stereocenters. The van der Waals surface area contributed by atoms with Crippen molar-refractivity contribution in [1.82, 2.24) is 4.90 Å². The molecule has 0 radical (unpaired) electrons. The molecule has 0 N–H and O–H groups in total. The van der Waals surface area contributed by atoms with Crippen molar-refractivity contribution in [1.29, 1.82) is 0 Å². The van der Waals surface area contributed by atoms with Crippen molar-refractivity contribution in [3.05, 3.63) is 71.8 Å². The third-order valence-corrected chi connectivity index (χ3v) is 5.27. The van der Waals surface area contributed by atoms with E-state index in [4.69, 9.17) is 9.47 Å². The summed E-state index contributed by atoms with van der Waals surface area (Å²) in [7, 11) is 0. The maximum absolute atomic E-state index is 12.2. The smallest absolute Gasteiger partial charge is 0.339 e. The number of benzene rings is 2. The van der Waals surface area contributed by atoms with Gasteiger partial charge in [0.1, 0.15) is 12.0 Å². The van der Waals surface area contributed by atoms with Gasteiger partial charge in [-0.1, -0.05) is 48.2 Å². The molecule has 140 valence electrons. The van der Waals surface area contributed by atoms with Crippen LogP contribution >= 0.6 is 11.8 Å². The van der Waals surface area contributed by atoms with Crippen LogP contribution in [0.1, 0.15) is 27.6 Å². The summed E-state index contributed by atoms with van der Waals surface area (Å²) >= 11 is 1.29. The summed E-state index contributed by atoms with van der Waals surface area (Å²) in [5.74, 6) is -1.07. The Kier molecular flexibility index (Phi) is 6.13. The zero-order chi connectivity index (χ0) is 19.2. The van der Waals surface area contributed by atoms with Crippen molar-refractivity contribution in [2.24, 2.45) is 0 Å². The van der Waals surface area contributed by atoms with Gasteiger partial charge in [-0.05, 0) is 24.3 Å². The highest BCUT2D eigenvalue weighted by atomic mass is 32.2. The number of ether oxygens (including phenoxy) is 2. The van der Waals surface area contributed by atoms with Crippen molar-refractivity contribution in [3.63, 3.8) is 0 Å². The molecule has 0 unspecified atom stereocenters. The summed E-state index contributed by atoms with van der Waals surface area (Å²) in [6.45, 7) is 1.72. The van der Waals surface area contributed by atoms with Crippen LogP contribution in [0.5, 0.6) is 0 Å². The molecule has 1 heterocycles. The molecule has 1 aliphatic rings. The maximum Gasteiger partial charge on any atom is 0.339 e. The lowest BCUT2D eigenvalue weighted by molar-refractivity contribution is -0.130. The molecule has 0 saturated carbocycles. The lowest BCUT2D eigenvalue weighted by Gasteiger charge is -2.21. The van der Waals surface area contributed by atoms with Crippen molar-refractivity contribution in [2.45, 2.75) is 17.7 Å². The predicted molar refractivity (Wildman–Crippen MR) is 101 cm³/mol. The quantitative estimate of drug-likeness (QED) is 0.737. The largest absolute Gasteiger partial charge is 0.459 e. The number of amides is 1. The Morgan fingerprint density at radius 1 is 0.963 bits per heavy atom. The monoisotopic (exact) mass is 385 g/mol. The zero-order valence-electron chi connectivity index (χ0n) is 14.7. The van der Waals surface area contributed by atoms with E-state index in [9.17, 15) is 14.4 Å². The van der Waals surface area contributed by atoms with Crippen molar-refractivity contribution in [3.8, 4) is 0 Å². The first-order valence-electron chi connectivity index (χ1n) is 8.45. The summed E-state index contributed by atoms with van der Waals surface area (Å²) in [6.07, 6.45) is 0. The van der Waals surface area contributed by atoms with E-state index in [1.54, 1.807) is 53.4 Å². The van der Waals surface area contributed by atoms with Crippen molar-refractivity contribution >= 4 is 29.6 Å². The van der Waals surface area contributed by atoms with E-state index in [1.165, 1.54) is 18.7 Å². The first-order chi connectivity index (χ1) is 13.0. The Hall–Kier alpha value is -2.80. The number of carbonyl (C=O) groups is 3. The summed E-state index contributed by atoms with van der Waals surface area (Å²) in [4.78, 5) is 37.8. The van der Waals surface area contributed by atoms with Crippen LogP contribution in [0, 0.1) is 0 Å². The van der Waals surface area contributed by atoms with E-state index in [0.717, 1.165) is 0 Å². The second kappa shape index (κ2) is 8.73. The van der Waals surface area contributed by atoms with E-state index < -0.39 is 22.7 Å². The number of esters is 2. The molecule has 0 aromatic heterocycles. The number of thioether (sulfide) groups is 1. The van der Waals surface area contributed by atoms with Crippen LogP contribution < -0.4 is 0 Å². The van der Waals surface area contributed by atoms with Crippen LogP contribution in [0.3, 0.4) is 0 Å². The van der Waals surface area contributed by atoms with Crippen LogP contribution in [0.4, 0.5) is 0 Å². The first kappa shape index (κ1) is 19.0. The minimum absolute atomic E-state index is 0.0252. The SMILES string of the molecule is CC(=O)N1C[C@@H](OC(=O)c2ccccc2)S[C@@H]1COC(=O)c1ccccc1. The highest BCUT2D eigenvalue weighted by Crippen LogP contribution is 2.32. The molecule has 1 aliphatic heterocycles. The van der Waals surface area contributed by atoms with Gasteiger partial charge in [0.2, 0.25) is 5.91 Å². The average Bonchev–Trinajstić information content (AvgIpc) is 3.10. The van der Waals surface area contributed by atoms with Gasteiger partial charge < -0.3 is 14.4 Å². The molecule has 0 spiro atoms. The lowest BCUT2D eigenvalue weighted by atomic mass is 10.2. The van der Waals surface area contributed by atoms with Crippen molar-refractivity contribution < 1.29 is 23.9 Å². The minimum atomic E-state index is -0.512. The van der Waals surface area contributed by atoms with Crippen molar-refractivity contribution in [2.75, 3.05) is 13.2 Å². The summed E-state index contributed by atoms with van der Waals surface area (Å²) in [5, 5.41) is -0.399. The van der Waals surface area contributed by atoms with Crippen LogP contribution in [0.15, 0.2) is 60.7 Å². The van der Waals surface area contributed by atoms with Gasteiger partial charge in [-0.2, -0.15) is 0 Å². The van der Waals surface area contributed by atoms with Gasteiger partial charge >= 0.3 is 11.9 Å². The third kappa shape index (κ3) is 4.89. The molecule has 27 heavy (non-hydrogen) atoms. The molecule has 2 aromatic rings. The number of hydrogen-bond donors (Lipinski definition) is 0. The fourth-order valence-corrected chi connectivity index (χ4v) is 3.93. The fraction of sp³-hybridized carbons (Fsp3) is 0.250. The Morgan fingerprint density at radius 3 is 2.07 bits per heavy atom. The van der Waals surface area contributed by atoms with E-state index in [1.807, 2.05) is 12.1 Å². The van der Waals surface area contributed by atoms with Crippen LogP contribution in [-0.2, 0) is 14.3 Å². The fourth-order valence-electron chi connectivity index (χ4n) is 2.66.